The summed E-state index contributed by atoms with van der Waals surface area (Å²) in [7, 11) is 1.24. The molecule has 2 aliphatic rings. The van der Waals surface area contributed by atoms with Crippen molar-refractivity contribution in [3.8, 4) is 0 Å². The molecule has 2 aliphatic carbocycles. The van der Waals surface area contributed by atoms with E-state index in [-0.39, 0.29) is 54.2 Å². The molecule has 3 N–H and O–H groups in total. The van der Waals surface area contributed by atoms with Crippen LogP contribution in [0.15, 0.2) is 11.6 Å². The number of aliphatic hydroxyl groups excluding tert-OH is 3. The summed E-state index contributed by atoms with van der Waals surface area (Å²) < 4.78 is 10.5. The Labute approximate surface area is 196 Å². The van der Waals surface area contributed by atoms with Gasteiger partial charge >= 0.3 is 11.9 Å². The Balaban J connectivity index is 2.17. The zero-order valence-corrected chi connectivity index (χ0v) is 20.4. The van der Waals surface area contributed by atoms with E-state index in [1.165, 1.54) is 13.2 Å². The molecule has 1 fully saturated rings. The average Bonchev–Trinajstić information content (AvgIpc) is 2.76. The Morgan fingerprint density at radius 1 is 1.21 bits per heavy atom. The van der Waals surface area contributed by atoms with Crippen molar-refractivity contribution in [2.24, 2.45) is 29.6 Å². The van der Waals surface area contributed by atoms with E-state index in [1.807, 2.05) is 27.7 Å². The van der Waals surface area contributed by atoms with Crippen molar-refractivity contribution in [1.29, 1.82) is 0 Å². The van der Waals surface area contributed by atoms with E-state index in [1.54, 1.807) is 0 Å². The smallest absolute Gasteiger partial charge is 0.308 e. The van der Waals surface area contributed by atoms with Gasteiger partial charge in [-0.1, -0.05) is 27.7 Å². The van der Waals surface area contributed by atoms with Gasteiger partial charge in [0.25, 0.3) is 0 Å². The Kier molecular flexibility index (Phi) is 10.1. The first-order valence-corrected chi connectivity index (χ1v) is 12.1. The highest BCUT2D eigenvalue weighted by atomic mass is 16.5. The second kappa shape index (κ2) is 12.1. The van der Waals surface area contributed by atoms with Crippen LogP contribution in [0.25, 0.3) is 0 Å². The van der Waals surface area contributed by atoms with Gasteiger partial charge < -0.3 is 24.8 Å². The molecular formula is C25H40O8. The van der Waals surface area contributed by atoms with Crippen LogP contribution in [0.5, 0.6) is 0 Å². The zero-order chi connectivity index (χ0) is 24.9. The average molecular weight is 469 g/mol. The Morgan fingerprint density at radius 3 is 2.48 bits per heavy atom. The van der Waals surface area contributed by atoms with E-state index in [4.69, 9.17) is 4.74 Å². The molecule has 0 bridgehead atoms. The van der Waals surface area contributed by atoms with E-state index in [0.29, 0.717) is 31.3 Å². The van der Waals surface area contributed by atoms with Crippen molar-refractivity contribution < 1.29 is 39.2 Å². The molecule has 1 saturated carbocycles. The largest absolute Gasteiger partial charge is 0.469 e. The lowest BCUT2D eigenvalue weighted by atomic mass is 9.61. The van der Waals surface area contributed by atoms with Gasteiger partial charge in [-0.3, -0.25) is 14.4 Å². The predicted molar refractivity (Wildman–Crippen MR) is 121 cm³/mol. The monoisotopic (exact) mass is 468 g/mol. The second-order valence-corrected chi connectivity index (χ2v) is 9.87. The van der Waals surface area contributed by atoms with Gasteiger partial charge in [-0.05, 0) is 55.6 Å². The lowest BCUT2D eigenvalue weighted by molar-refractivity contribution is -0.162. The fourth-order valence-corrected chi connectivity index (χ4v) is 5.06. The summed E-state index contributed by atoms with van der Waals surface area (Å²) in [5.41, 5.74) is 0.615. The van der Waals surface area contributed by atoms with Crippen LogP contribution in [-0.2, 0) is 23.9 Å². The van der Waals surface area contributed by atoms with Crippen molar-refractivity contribution in [2.45, 2.75) is 90.6 Å². The molecule has 0 amide bonds. The zero-order valence-electron chi connectivity index (χ0n) is 20.4. The molecule has 0 aromatic rings. The Bertz CT molecular complexity index is 732. The summed E-state index contributed by atoms with van der Waals surface area (Å²) in [5, 5.41) is 31.3. The lowest BCUT2D eigenvalue weighted by Gasteiger charge is -2.47. The quantitative estimate of drug-likeness (QED) is 0.416. The van der Waals surface area contributed by atoms with Gasteiger partial charge in [0.15, 0.2) is 5.78 Å². The number of aliphatic hydroxyl groups is 3. The molecule has 0 aromatic heterocycles. The number of allylic oxidation sites excluding steroid dienone is 1. The second-order valence-electron chi connectivity index (χ2n) is 9.87. The third-order valence-corrected chi connectivity index (χ3v) is 7.42. The predicted octanol–water partition coefficient (Wildman–Crippen LogP) is 2.18. The van der Waals surface area contributed by atoms with Gasteiger partial charge in [0.2, 0.25) is 0 Å². The third-order valence-electron chi connectivity index (χ3n) is 7.42. The third kappa shape index (κ3) is 6.87. The summed E-state index contributed by atoms with van der Waals surface area (Å²) in [6, 6.07) is 0. The number of carbonyl (C=O) groups is 3. The van der Waals surface area contributed by atoms with Crippen molar-refractivity contribution in [3.63, 3.8) is 0 Å². The maximum atomic E-state index is 12.7. The SMILES string of the molecule is CCC(C)C(=O)O[C@H]1C[C@@H](C)[C@@H](O)C2=CC(=O)[C@H](C)[C@H](CC[C@H](O)C[C@H](O)CC(=O)OC)[C@H]21. The number of rotatable bonds is 10. The van der Waals surface area contributed by atoms with Crippen molar-refractivity contribution in [3.05, 3.63) is 11.6 Å². The number of hydrogen-bond acceptors (Lipinski definition) is 8. The van der Waals surface area contributed by atoms with Gasteiger partial charge in [-0.25, -0.2) is 0 Å². The minimum Gasteiger partial charge on any atom is -0.469 e. The van der Waals surface area contributed by atoms with Gasteiger partial charge in [0.05, 0.1) is 37.8 Å². The first-order chi connectivity index (χ1) is 15.5. The Hall–Kier alpha value is -1.77. The fraction of sp³-hybridized carbons (Fsp3) is 0.800. The number of ketones is 1. The molecule has 9 atom stereocenters. The maximum Gasteiger partial charge on any atom is 0.308 e. The van der Waals surface area contributed by atoms with Crippen molar-refractivity contribution >= 4 is 17.7 Å². The first-order valence-electron chi connectivity index (χ1n) is 12.1. The number of ether oxygens (including phenoxy) is 2. The molecule has 2 rings (SSSR count). The number of esters is 2. The van der Waals surface area contributed by atoms with Crippen LogP contribution in [0, 0.1) is 29.6 Å². The van der Waals surface area contributed by atoms with Crippen LogP contribution < -0.4 is 0 Å². The number of fused-ring (bicyclic) bond motifs is 1. The van der Waals surface area contributed by atoms with Gasteiger partial charge in [-0.15, -0.1) is 0 Å². The fourth-order valence-electron chi connectivity index (χ4n) is 5.06. The topological polar surface area (TPSA) is 130 Å². The minimum absolute atomic E-state index is 0.0175. The molecule has 1 unspecified atom stereocenters. The normalized spacial score (nSPS) is 32.2. The van der Waals surface area contributed by atoms with Crippen LogP contribution in [0.3, 0.4) is 0 Å². The molecule has 0 spiro atoms. The molecule has 0 heterocycles. The molecule has 188 valence electrons. The minimum atomic E-state index is -1.02. The van der Waals surface area contributed by atoms with Crippen LogP contribution in [0.2, 0.25) is 0 Å². The van der Waals surface area contributed by atoms with Crippen LogP contribution >= 0.6 is 0 Å². The molecule has 0 radical (unpaired) electrons. The van der Waals surface area contributed by atoms with Gasteiger partial charge in [-0.2, -0.15) is 0 Å². The lowest BCUT2D eigenvalue weighted by Crippen LogP contribution is -2.50. The molecule has 33 heavy (non-hydrogen) atoms. The van der Waals surface area contributed by atoms with E-state index in [2.05, 4.69) is 4.74 Å². The number of methoxy groups -OCH3 is 1. The van der Waals surface area contributed by atoms with Crippen LogP contribution in [0.1, 0.15) is 66.2 Å². The standard InChI is InChI=1S/C25H40O8/c1-6-13(2)25(31)33-21-9-14(3)24(30)19-12-20(28)15(4)18(23(19)21)8-7-16(26)10-17(27)11-22(29)32-5/h12-18,21,23-24,26-27,30H,6-11H2,1-5H3/t13?,14-,15-,16+,17+,18+,21+,23-,24-/m1/s1. The highest BCUT2D eigenvalue weighted by Crippen LogP contribution is 2.47. The highest BCUT2D eigenvalue weighted by molar-refractivity contribution is 5.93. The van der Waals surface area contributed by atoms with Crippen molar-refractivity contribution in [1.82, 2.24) is 0 Å². The Morgan fingerprint density at radius 2 is 1.88 bits per heavy atom. The summed E-state index contributed by atoms with van der Waals surface area (Å²) in [6.07, 6.45) is 0.165. The molecule has 0 aliphatic heterocycles. The maximum absolute atomic E-state index is 12.7. The van der Waals surface area contributed by atoms with E-state index >= 15 is 0 Å². The van der Waals surface area contributed by atoms with Crippen molar-refractivity contribution in [2.75, 3.05) is 7.11 Å². The van der Waals surface area contributed by atoms with E-state index in [9.17, 15) is 29.7 Å². The molecule has 8 heteroatoms. The molecule has 0 aromatic carbocycles. The molecule has 0 saturated heterocycles. The van der Waals surface area contributed by atoms with E-state index < -0.39 is 30.4 Å². The van der Waals surface area contributed by atoms with E-state index in [0.717, 1.165) is 0 Å². The first kappa shape index (κ1) is 27.5. The summed E-state index contributed by atoms with van der Waals surface area (Å²) in [5.74, 6) is -2.16. The molecule has 8 nitrogen and oxygen atoms in total. The highest BCUT2D eigenvalue weighted by Gasteiger charge is 2.49. The summed E-state index contributed by atoms with van der Waals surface area (Å²) in [4.78, 5) is 36.6. The number of hydrogen-bond donors (Lipinski definition) is 3. The van der Waals surface area contributed by atoms with Gasteiger partial charge in [0, 0.05) is 11.8 Å². The molecular weight excluding hydrogens is 428 g/mol. The van der Waals surface area contributed by atoms with Crippen LogP contribution in [-0.4, -0.2) is 64.6 Å². The van der Waals surface area contributed by atoms with Crippen LogP contribution in [0.4, 0.5) is 0 Å². The van der Waals surface area contributed by atoms with Gasteiger partial charge in [0.1, 0.15) is 6.10 Å². The summed E-state index contributed by atoms with van der Waals surface area (Å²) >= 11 is 0. The summed E-state index contributed by atoms with van der Waals surface area (Å²) in [6.45, 7) is 7.46. The number of carbonyl (C=O) groups excluding carboxylic acids is 3.